The second-order valence-electron chi connectivity index (χ2n) is 5.14. The van der Waals surface area contributed by atoms with Crippen LogP contribution in [0, 0.1) is 6.92 Å². The van der Waals surface area contributed by atoms with Gasteiger partial charge in [-0.1, -0.05) is 35.3 Å². The number of methoxy groups -OCH3 is 1. The van der Waals surface area contributed by atoms with Gasteiger partial charge in [0.15, 0.2) is 0 Å². The molecule has 23 heavy (non-hydrogen) atoms. The van der Waals surface area contributed by atoms with Gasteiger partial charge in [-0.15, -0.1) is 0 Å². The first-order chi connectivity index (χ1) is 11.0. The third-order valence-corrected chi connectivity index (χ3v) is 4.30. The van der Waals surface area contributed by atoms with Crippen molar-refractivity contribution in [1.29, 1.82) is 0 Å². The standard InChI is InChI=1S/C17H14Cl2N2O2/c1-9-6-13(15(23-2)8-12(9)19)21-17(22)14-7-10-4-3-5-11(18)16(10)20-14/h3-8,20H,1-2H3,(H,21,22). The summed E-state index contributed by atoms with van der Waals surface area (Å²) in [6.07, 6.45) is 0. The summed E-state index contributed by atoms with van der Waals surface area (Å²) in [7, 11) is 1.53. The molecule has 0 spiro atoms. The largest absolute Gasteiger partial charge is 0.495 e. The van der Waals surface area contributed by atoms with E-state index >= 15 is 0 Å². The van der Waals surface area contributed by atoms with Crippen LogP contribution >= 0.6 is 23.2 Å². The molecule has 118 valence electrons. The van der Waals surface area contributed by atoms with E-state index in [1.165, 1.54) is 7.11 Å². The maximum atomic E-state index is 12.5. The van der Waals surface area contributed by atoms with Crippen LogP contribution in [0.25, 0.3) is 10.9 Å². The predicted molar refractivity (Wildman–Crippen MR) is 94.0 cm³/mol. The van der Waals surface area contributed by atoms with Crippen LogP contribution in [0.4, 0.5) is 5.69 Å². The fourth-order valence-corrected chi connectivity index (χ4v) is 2.74. The van der Waals surface area contributed by atoms with Crippen molar-refractivity contribution in [3.8, 4) is 5.75 Å². The van der Waals surface area contributed by atoms with Gasteiger partial charge in [0.05, 0.1) is 23.3 Å². The van der Waals surface area contributed by atoms with Gasteiger partial charge in [-0.25, -0.2) is 0 Å². The lowest BCUT2D eigenvalue weighted by Gasteiger charge is -2.11. The highest BCUT2D eigenvalue weighted by Gasteiger charge is 2.14. The molecule has 6 heteroatoms. The third-order valence-electron chi connectivity index (χ3n) is 3.58. The lowest BCUT2D eigenvalue weighted by atomic mass is 10.2. The Morgan fingerprint density at radius 2 is 1.96 bits per heavy atom. The molecule has 0 saturated heterocycles. The average Bonchev–Trinajstić information content (AvgIpc) is 2.96. The molecule has 0 saturated carbocycles. The normalized spacial score (nSPS) is 10.8. The van der Waals surface area contributed by atoms with E-state index in [1.807, 2.05) is 19.1 Å². The topological polar surface area (TPSA) is 54.1 Å². The van der Waals surface area contributed by atoms with Gasteiger partial charge in [0.1, 0.15) is 11.4 Å². The van der Waals surface area contributed by atoms with Crippen LogP contribution in [0.2, 0.25) is 10.0 Å². The van der Waals surface area contributed by atoms with E-state index in [1.54, 1.807) is 24.3 Å². The number of aromatic amines is 1. The maximum Gasteiger partial charge on any atom is 0.272 e. The number of hydrogen-bond donors (Lipinski definition) is 2. The van der Waals surface area contributed by atoms with Crippen LogP contribution in [0.1, 0.15) is 16.1 Å². The fourth-order valence-electron chi connectivity index (χ4n) is 2.36. The molecule has 4 nitrogen and oxygen atoms in total. The number of aryl methyl sites for hydroxylation is 1. The van der Waals surface area contributed by atoms with Crippen molar-refractivity contribution in [2.45, 2.75) is 6.92 Å². The molecule has 0 unspecified atom stereocenters. The molecule has 0 aliphatic heterocycles. The van der Waals surface area contributed by atoms with E-state index in [2.05, 4.69) is 10.3 Å². The fraction of sp³-hybridized carbons (Fsp3) is 0.118. The van der Waals surface area contributed by atoms with Gasteiger partial charge in [0, 0.05) is 16.5 Å². The van der Waals surface area contributed by atoms with Gasteiger partial charge in [-0.05, 0) is 30.7 Å². The molecule has 0 atom stereocenters. The molecule has 2 N–H and O–H groups in total. The molecule has 1 amide bonds. The number of anilines is 1. The van der Waals surface area contributed by atoms with Crippen LogP contribution in [-0.2, 0) is 0 Å². The van der Waals surface area contributed by atoms with E-state index < -0.39 is 0 Å². The number of rotatable bonds is 3. The maximum absolute atomic E-state index is 12.5. The van der Waals surface area contributed by atoms with Crippen molar-refractivity contribution in [2.24, 2.45) is 0 Å². The zero-order valence-electron chi connectivity index (χ0n) is 12.5. The number of hydrogen-bond acceptors (Lipinski definition) is 2. The first kappa shape index (κ1) is 15.7. The summed E-state index contributed by atoms with van der Waals surface area (Å²) in [5.74, 6) is 0.223. The van der Waals surface area contributed by atoms with Gasteiger partial charge in [0.25, 0.3) is 5.91 Å². The number of aromatic nitrogens is 1. The Hall–Kier alpha value is -2.17. The Kier molecular flexibility index (Phi) is 4.20. The second kappa shape index (κ2) is 6.14. The molecule has 0 fully saturated rings. The van der Waals surface area contributed by atoms with Gasteiger partial charge in [0.2, 0.25) is 0 Å². The third kappa shape index (κ3) is 3.00. The smallest absolute Gasteiger partial charge is 0.272 e. The van der Waals surface area contributed by atoms with E-state index in [0.29, 0.717) is 27.2 Å². The molecule has 3 aromatic rings. The quantitative estimate of drug-likeness (QED) is 0.696. The molecule has 3 rings (SSSR count). The van der Waals surface area contributed by atoms with Crippen LogP contribution in [0.15, 0.2) is 36.4 Å². The van der Waals surface area contributed by atoms with Gasteiger partial charge >= 0.3 is 0 Å². The number of benzene rings is 2. The number of nitrogens with one attached hydrogen (secondary N) is 2. The Balaban J connectivity index is 1.94. The summed E-state index contributed by atoms with van der Waals surface area (Å²) in [6.45, 7) is 1.86. The number of H-pyrrole nitrogens is 1. The Morgan fingerprint density at radius 1 is 1.17 bits per heavy atom. The number of fused-ring (bicyclic) bond motifs is 1. The van der Waals surface area contributed by atoms with E-state index in [4.69, 9.17) is 27.9 Å². The summed E-state index contributed by atoms with van der Waals surface area (Å²) in [5.41, 5.74) is 2.56. The minimum Gasteiger partial charge on any atom is -0.495 e. The zero-order chi connectivity index (χ0) is 16.6. The molecule has 0 aliphatic carbocycles. The minimum atomic E-state index is -0.280. The highest BCUT2D eigenvalue weighted by molar-refractivity contribution is 6.35. The monoisotopic (exact) mass is 348 g/mol. The number of ether oxygens (including phenoxy) is 1. The molecule has 1 aromatic heterocycles. The number of amides is 1. The van der Waals surface area contributed by atoms with Crippen LogP contribution < -0.4 is 10.1 Å². The lowest BCUT2D eigenvalue weighted by Crippen LogP contribution is -2.13. The van der Waals surface area contributed by atoms with Crippen molar-refractivity contribution >= 4 is 45.7 Å². The van der Waals surface area contributed by atoms with Crippen molar-refractivity contribution in [2.75, 3.05) is 12.4 Å². The molecule has 2 aromatic carbocycles. The van der Waals surface area contributed by atoms with Crippen molar-refractivity contribution in [3.05, 3.63) is 57.7 Å². The van der Waals surface area contributed by atoms with Crippen LogP contribution in [0.3, 0.4) is 0 Å². The molecule has 0 aliphatic rings. The summed E-state index contributed by atoms with van der Waals surface area (Å²) >= 11 is 12.2. The van der Waals surface area contributed by atoms with Gasteiger partial charge < -0.3 is 15.0 Å². The van der Waals surface area contributed by atoms with E-state index in [0.717, 1.165) is 16.5 Å². The first-order valence-corrected chi connectivity index (χ1v) is 7.68. The Bertz CT molecular complexity index is 903. The number of carbonyl (C=O) groups excluding carboxylic acids is 1. The van der Waals surface area contributed by atoms with E-state index in [9.17, 15) is 4.79 Å². The first-order valence-electron chi connectivity index (χ1n) is 6.92. The Labute approximate surface area is 143 Å². The van der Waals surface area contributed by atoms with E-state index in [-0.39, 0.29) is 5.91 Å². The minimum absolute atomic E-state index is 0.280. The number of para-hydroxylation sites is 1. The van der Waals surface area contributed by atoms with Crippen molar-refractivity contribution < 1.29 is 9.53 Å². The zero-order valence-corrected chi connectivity index (χ0v) is 14.0. The van der Waals surface area contributed by atoms with Crippen molar-refractivity contribution in [3.63, 3.8) is 0 Å². The summed E-state index contributed by atoms with van der Waals surface area (Å²) in [4.78, 5) is 15.5. The SMILES string of the molecule is COc1cc(Cl)c(C)cc1NC(=O)c1cc2cccc(Cl)c2[nH]1. The molecule has 0 bridgehead atoms. The summed E-state index contributed by atoms with van der Waals surface area (Å²) in [6, 6.07) is 10.7. The second-order valence-corrected chi connectivity index (χ2v) is 5.96. The van der Waals surface area contributed by atoms with Crippen LogP contribution in [0.5, 0.6) is 5.75 Å². The summed E-state index contributed by atoms with van der Waals surface area (Å²) in [5, 5.41) is 4.86. The average molecular weight is 349 g/mol. The Morgan fingerprint density at radius 3 is 2.65 bits per heavy atom. The number of halogens is 2. The molecule has 1 heterocycles. The molecular formula is C17H14Cl2N2O2. The van der Waals surface area contributed by atoms with Gasteiger partial charge in [-0.3, -0.25) is 4.79 Å². The lowest BCUT2D eigenvalue weighted by molar-refractivity contribution is 0.102. The predicted octanol–water partition coefficient (Wildman–Crippen LogP) is 5.04. The van der Waals surface area contributed by atoms with Crippen LogP contribution in [-0.4, -0.2) is 18.0 Å². The van der Waals surface area contributed by atoms with Crippen molar-refractivity contribution in [1.82, 2.24) is 4.98 Å². The number of carbonyl (C=O) groups is 1. The summed E-state index contributed by atoms with van der Waals surface area (Å²) < 4.78 is 5.27. The highest BCUT2D eigenvalue weighted by atomic mass is 35.5. The highest BCUT2D eigenvalue weighted by Crippen LogP contribution is 2.31. The van der Waals surface area contributed by atoms with Gasteiger partial charge in [-0.2, -0.15) is 0 Å². The molecular weight excluding hydrogens is 335 g/mol. The molecule has 0 radical (unpaired) electrons.